The Hall–Kier alpha value is -2.23. The third kappa shape index (κ3) is 31.5. The van der Waals surface area contributed by atoms with Crippen molar-refractivity contribution in [2.45, 2.75) is 471 Å². The first-order valence-corrected chi connectivity index (χ1v) is 72.5. The van der Waals surface area contributed by atoms with E-state index in [0.29, 0.717) is 81.0 Å². The van der Waals surface area contributed by atoms with Crippen molar-refractivity contribution < 1.29 is 32.6 Å². The maximum atomic E-state index is 14.5. The average molecular weight is 2350 g/mol. The molecule has 0 amide bonds. The topological polar surface area (TPSA) is 54.5 Å². The van der Waals surface area contributed by atoms with Crippen molar-refractivity contribution in [3.63, 3.8) is 0 Å². The molecule has 804 valence electrons. The number of hydrogen-bond acceptors (Lipinski definition) is 4. The number of nitrogens with zero attached hydrogens (tertiary/aromatic N) is 1. The molecule has 18 aliphatic rings. The predicted octanol–water partition coefficient (Wildman–Crippen LogP) is 37.7. The van der Waals surface area contributed by atoms with Crippen LogP contribution in [0.15, 0.2) is 188 Å². The Bertz CT molecular complexity index is 5080. The van der Waals surface area contributed by atoms with Crippen molar-refractivity contribution in [3.05, 3.63) is 194 Å². The largest absolute Gasteiger partial charge is 1.00 e. The van der Waals surface area contributed by atoms with Crippen LogP contribution in [0.4, 0.5) is 0 Å². The monoisotopic (exact) mass is 2340 g/mol. The van der Waals surface area contributed by atoms with Crippen LogP contribution >= 0.6 is 101 Å². The zero-order valence-electron chi connectivity index (χ0n) is 91.6. The summed E-state index contributed by atoms with van der Waals surface area (Å²) in [5.41, 5.74) is 2.82. The molecule has 0 spiro atoms. The Balaban J connectivity index is 0.000000136. The molecule has 14 saturated carbocycles. The summed E-state index contributed by atoms with van der Waals surface area (Å²) < 4.78 is 48.8. The van der Waals surface area contributed by atoms with E-state index in [1.165, 1.54) is 417 Å². The van der Waals surface area contributed by atoms with Crippen LogP contribution < -0.4 is 45.4 Å². The van der Waals surface area contributed by atoms with Crippen molar-refractivity contribution in [3.8, 4) is 36.0 Å². The van der Waals surface area contributed by atoms with E-state index in [2.05, 4.69) is 264 Å². The van der Waals surface area contributed by atoms with Crippen LogP contribution in [0.1, 0.15) is 433 Å². The number of allylic oxidation sites excluding steroid dienone is 8. The zero-order chi connectivity index (χ0) is 101. The molecule has 0 N–H and O–H groups in total. The van der Waals surface area contributed by atoms with Gasteiger partial charge in [0.2, 0.25) is 0 Å². The summed E-state index contributed by atoms with van der Waals surface area (Å²) in [4.78, 5) is 1.48. The van der Waals surface area contributed by atoms with Crippen LogP contribution in [0.5, 0.6) is 0 Å². The zero-order valence-corrected chi connectivity index (χ0v) is 102. The van der Waals surface area contributed by atoms with E-state index in [1.54, 1.807) is 15.9 Å². The molecule has 148 heavy (non-hydrogen) atoms. The average Bonchev–Trinajstić information content (AvgIpc) is 1.62. The summed E-state index contributed by atoms with van der Waals surface area (Å²) >= 11 is 15.4. The van der Waals surface area contributed by atoms with Gasteiger partial charge in [0.05, 0.1) is 0 Å². The second kappa shape index (κ2) is 63.1. The van der Waals surface area contributed by atoms with Crippen molar-refractivity contribution in [2.75, 3.05) is 13.1 Å². The van der Waals surface area contributed by atoms with Crippen LogP contribution in [-0.2, 0) is 13.7 Å². The van der Waals surface area contributed by atoms with Crippen LogP contribution in [0, 0.1) is 125 Å². The standard InChI is InChI=1S/C24H36NP.2C20H26BrOP.C20H27OP.C20H26P.C14H21Br.C8H12.C7H13Br.CH4.Li/c1-3-25(4-2)26(23-16-9-6-10-17-23)24-18-12-11-15-22(24)20-19-21-13-7-5-8-14-21;2*21-19-17-13-7-8-14-18(17)23(22,16-11-5-2-6-12-16)20(19)15-9-3-1-4-10-15;21-22(18-12-5-2-6-13-18)19-14-8-7-11-17(19)15-20(22)16-9-3-1-4-10-16;1-3-9-16(10-4-1)20-15-17-11-7-8-14-19(17)21(20)18-12-5-2-6-13-18;15-14-9-5-4-8-13(14)11-10-12-6-2-1-3-7-12;1-2-8-6-4-3-5-7-8;1-6-4-2-3-5-7(6)8;;/h6,9-10,16-17,21-22,24H,3-5,7-8,11-15,18H2,1-2H3;2*2,5-6,11-12,15,17-18H,1,3-4,7-10,13-14H2;2,5-6,12-13,15-17,19H,1,3-4,7-11,14H2;2,5-6,12-13,16-17,19H,1,3-4,7-11,14H2;12-14H,1-9H2;1,8H,3-7H2;6-7H,2-5H2,1H3;1H4;/q;;;;-1;;;;;+1. The van der Waals surface area contributed by atoms with E-state index >= 15 is 0 Å². The van der Waals surface area contributed by atoms with Gasteiger partial charge in [0.1, 0.15) is 21.4 Å². The molecule has 14 heteroatoms. The summed E-state index contributed by atoms with van der Waals surface area (Å²) in [6.07, 6.45) is 96.1. The third-order valence-electron chi connectivity index (χ3n) is 38.2. The van der Waals surface area contributed by atoms with Crippen molar-refractivity contribution >= 4 is 128 Å². The first-order chi connectivity index (χ1) is 71.6. The molecule has 14 fully saturated rings. The van der Waals surface area contributed by atoms with Gasteiger partial charge in [0.25, 0.3) is 0 Å². The number of alkyl halides is 2. The Morgan fingerprint density at radius 3 is 1.17 bits per heavy atom. The molecule has 0 aromatic heterocycles. The van der Waals surface area contributed by atoms with Crippen LogP contribution in [0.3, 0.4) is 0 Å². The molecular formula is C134H191Br4LiNO3P5. The van der Waals surface area contributed by atoms with Gasteiger partial charge in [0.15, 0.2) is 0 Å². The summed E-state index contributed by atoms with van der Waals surface area (Å²) in [5.74, 6) is 26.7. The van der Waals surface area contributed by atoms with Crippen molar-refractivity contribution in [1.29, 1.82) is 0 Å². The second-order valence-corrected chi connectivity index (χ2v) is 65.6. The fourth-order valence-corrected chi connectivity index (χ4v) is 54.6. The van der Waals surface area contributed by atoms with Gasteiger partial charge in [-0.25, -0.2) is 5.31 Å². The Morgan fingerprint density at radius 1 is 0.365 bits per heavy atom. The molecule has 4 heterocycles. The third-order valence-corrected chi connectivity index (χ3v) is 61.5. The van der Waals surface area contributed by atoms with Crippen LogP contribution in [0.2, 0.25) is 0 Å². The van der Waals surface area contributed by atoms with Crippen molar-refractivity contribution in [2.24, 2.45) is 82.9 Å². The fraction of sp³-hybridized carbons (Fsp3) is 0.672. The van der Waals surface area contributed by atoms with Crippen molar-refractivity contribution in [1.82, 2.24) is 4.67 Å². The Labute approximate surface area is 952 Å². The first kappa shape index (κ1) is 121. The quantitative estimate of drug-likeness (QED) is 0.0388. The minimum atomic E-state index is -2.46. The number of terminal acetylenes is 1. The maximum absolute atomic E-state index is 14.5. The summed E-state index contributed by atoms with van der Waals surface area (Å²) in [6.45, 7) is 9.28. The predicted molar refractivity (Wildman–Crippen MR) is 658 cm³/mol. The molecule has 14 aliphatic carbocycles. The molecule has 0 bridgehead atoms. The molecule has 23 rings (SSSR count). The number of halogens is 4. The smallest absolute Gasteiger partial charge is 0.488 e. The van der Waals surface area contributed by atoms with E-state index in [-0.39, 0.29) is 42.3 Å². The summed E-state index contributed by atoms with van der Waals surface area (Å²) in [7, 11) is -7.64. The molecule has 19 unspecified atom stereocenters. The van der Waals surface area contributed by atoms with Crippen LogP contribution in [-0.4, -0.2) is 55.7 Å². The van der Waals surface area contributed by atoms with Gasteiger partial charge >= 0.3 is 18.9 Å². The second-order valence-electron chi connectivity index (χ2n) is 47.7. The summed E-state index contributed by atoms with van der Waals surface area (Å²) in [6, 6.07) is 54.1. The van der Waals surface area contributed by atoms with Gasteiger partial charge in [-0.1, -0.05) is 512 Å². The molecule has 5 aromatic carbocycles. The number of fused-ring (bicyclic) bond motifs is 4. The van der Waals surface area contributed by atoms with Crippen LogP contribution in [0.25, 0.3) is 0 Å². The SMILES string of the molecule is BrC1CCCCC1C#CC1CCCCC1.C.C#CC1CCCCC1.CC1CCCCC1Br.CCN(CC)P(c1ccccc1)C1CCCCC1C#CC1CCCCC1.O=P1(c2ccccc2)C(C2CCCCC2)=C(Br)C2CCCCC21.O=P1(c2ccccc2)C(C2CCCCC2)=C(Br)C2CCCCC21.O=P1(c2ccccc2)C(C2CCCCC2)=CC2CCCCC21.[C-]1=C(C2CCCCC2)P(c2ccccc2)C2CCCCC12.[Li+]. The van der Waals surface area contributed by atoms with E-state index in [9.17, 15) is 13.7 Å². The Kier molecular flexibility index (Phi) is 51.7. The molecule has 4 aliphatic heterocycles. The molecule has 0 radical (unpaired) electrons. The normalized spacial score (nSPS) is 32.3. The number of benzene rings is 5. The molecule has 19 atom stereocenters. The summed E-state index contributed by atoms with van der Waals surface area (Å²) in [5, 5.41) is 12.4. The van der Waals surface area contributed by atoms with Gasteiger partial charge in [0, 0.05) is 117 Å². The minimum absolute atomic E-state index is 0. The van der Waals surface area contributed by atoms with E-state index in [1.807, 2.05) is 18.2 Å². The van der Waals surface area contributed by atoms with Gasteiger partial charge in [-0.15, -0.1) is 12.3 Å². The Morgan fingerprint density at radius 2 is 0.723 bits per heavy atom. The number of rotatable bonds is 13. The van der Waals surface area contributed by atoms with E-state index < -0.39 is 21.4 Å². The van der Waals surface area contributed by atoms with E-state index in [4.69, 9.17) is 6.42 Å². The molecule has 0 saturated heterocycles. The maximum Gasteiger partial charge on any atom is 1.00 e. The molecule has 4 nitrogen and oxygen atoms in total. The van der Waals surface area contributed by atoms with Gasteiger partial charge < -0.3 is 19.8 Å². The van der Waals surface area contributed by atoms with Gasteiger partial charge in [-0.05, 0) is 244 Å². The van der Waals surface area contributed by atoms with Gasteiger partial charge in [-0.2, -0.15) is 5.92 Å². The minimum Gasteiger partial charge on any atom is -0.488 e. The molecule has 5 aromatic rings. The fourth-order valence-electron chi connectivity index (χ4n) is 30.1. The van der Waals surface area contributed by atoms with E-state index in [0.717, 1.165) is 81.7 Å². The number of hydrogen-bond donors (Lipinski definition) is 0. The first-order valence-electron chi connectivity index (χ1n) is 60.9. The molecular weight excluding hydrogens is 2150 g/mol. The van der Waals surface area contributed by atoms with Gasteiger partial charge in [-0.3, -0.25) is 4.67 Å².